The summed E-state index contributed by atoms with van der Waals surface area (Å²) >= 11 is 5.72. The van der Waals surface area contributed by atoms with Crippen LogP contribution in [0.2, 0.25) is 0 Å². The SMILES string of the molecule is CCN(CC)CC(=O)Cc1cccc2c1Cc1cccc(-c3cc(N4CCOCC4)cc(=O)[nH]3)c1O2.Nc1cccc2c1Cc1cccc(-c3cc(N4CCOCC4)cc(=O)[nH]3)c1O2.O=C(CCl)Cc1cccc2c1Cc1cccc(-c3cc(N4CCOCC4)cc(=O)[nH]3)c1O2. The number of rotatable bonds is 15. The minimum Gasteiger partial charge on any atom is -0.456 e. The lowest BCUT2D eigenvalue weighted by atomic mass is 9.91. The summed E-state index contributed by atoms with van der Waals surface area (Å²) in [4.78, 5) is 79.7. The zero-order valence-corrected chi connectivity index (χ0v) is 54.7. The largest absolute Gasteiger partial charge is 0.456 e. The number of benzene rings is 6. The summed E-state index contributed by atoms with van der Waals surface area (Å²) in [5, 5.41) is 0. The van der Waals surface area contributed by atoms with Crippen molar-refractivity contribution in [3.05, 3.63) is 221 Å². The number of carbonyl (C=O) groups excluding carboxylic acids is 2. The standard InChI is InChI=1S/C29H33N3O4.C25H23ClN2O4.C22H21N3O3/c1-3-31(4-2)19-23(33)15-20-7-6-10-27-25(20)16-21-8-5-9-24(29(21)36-27)26-17-22(18-28(34)30-26)32-11-13-35-14-12-32;26-15-19(29)11-16-3-2-6-23-21(16)12-17-4-1-5-20(25(17)32-23)22-13-18(14-24(30)27-22)28-7-9-31-10-8-28;23-18-5-2-6-20-17(18)11-14-3-1-4-16(22(14)28-20)19-12-15(13-21(26)24-19)25-7-9-27-10-8-25/h5-10,17-18H,3-4,11-16,19H2,1-2H3,(H,30,34);1-6,13-14H,7-12,15H2,(H,27,30);1-6,12-13H,7-11,23H2,(H,24,26). The summed E-state index contributed by atoms with van der Waals surface area (Å²) in [5.41, 5.74) is 22.0. The third-order valence-corrected chi connectivity index (χ3v) is 18.7. The van der Waals surface area contributed by atoms with Crippen LogP contribution in [0.4, 0.5) is 22.7 Å². The summed E-state index contributed by atoms with van der Waals surface area (Å²) < 4.78 is 35.4. The number of aromatic nitrogens is 3. The first-order valence-corrected chi connectivity index (χ1v) is 33.4. The molecule has 0 saturated carbocycles. The lowest BCUT2D eigenvalue weighted by molar-refractivity contribution is -0.119. The van der Waals surface area contributed by atoms with Gasteiger partial charge in [0.25, 0.3) is 0 Å². The molecule has 20 heteroatoms. The van der Waals surface area contributed by atoms with Crippen molar-refractivity contribution in [3.8, 4) is 68.3 Å². The molecule has 0 spiro atoms. The molecule has 15 rings (SSSR count). The molecule has 3 fully saturated rings. The van der Waals surface area contributed by atoms with Crippen LogP contribution in [0.25, 0.3) is 33.8 Å². The van der Waals surface area contributed by atoms with Crippen LogP contribution >= 0.6 is 11.6 Å². The number of morpholine rings is 3. The molecule has 494 valence electrons. The van der Waals surface area contributed by atoms with Crippen LogP contribution in [0, 0.1) is 0 Å². The molecule has 6 aliphatic heterocycles. The number of fused-ring (bicyclic) bond motifs is 6. The van der Waals surface area contributed by atoms with Gasteiger partial charge in [-0.3, -0.25) is 28.9 Å². The number of hydrogen-bond donors (Lipinski definition) is 4. The molecule has 96 heavy (non-hydrogen) atoms. The predicted molar refractivity (Wildman–Crippen MR) is 375 cm³/mol. The lowest BCUT2D eigenvalue weighted by Gasteiger charge is -2.29. The van der Waals surface area contributed by atoms with Gasteiger partial charge in [0.1, 0.15) is 34.5 Å². The van der Waals surface area contributed by atoms with E-state index in [0.29, 0.717) is 84.0 Å². The van der Waals surface area contributed by atoms with Gasteiger partial charge in [-0.15, -0.1) is 11.6 Å². The maximum Gasteiger partial charge on any atom is 0.250 e. The normalized spacial score (nSPS) is 15.1. The van der Waals surface area contributed by atoms with Crippen molar-refractivity contribution >= 4 is 45.9 Å². The van der Waals surface area contributed by atoms with Gasteiger partial charge in [0.15, 0.2) is 11.6 Å². The van der Waals surface area contributed by atoms with Crippen molar-refractivity contribution in [2.24, 2.45) is 0 Å². The highest BCUT2D eigenvalue weighted by molar-refractivity contribution is 6.27. The Kier molecular flexibility index (Phi) is 19.9. The van der Waals surface area contributed by atoms with Gasteiger partial charge in [0, 0.05) is 162 Å². The summed E-state index contributed by atoms with van der Waals surface area (Å²) in [7, 11) is 0. The number of anilines is 4. The predicted octanol–water partition coefficient (Wildman–Crippen LogP) is 11.1. The van der Waals surface area contributed by atoms with Crippen molar-refractivity contribution in [2.45, 2.75) is 46.0 Å². The number of nitrogens with two attached hydrogens (primary N) is 1. The molecule has 0 unspecified atom stereocenters. The second-order valence-corrected chi connectivity index (χ2v) is 24.8. The van der Waals surface area contributed by atoms with Crippen molar-refractivity contribution < 1.29 is 38.0 Å². The van der Waals surface area contributed by atoms with Crippen LogP contribution in [0.15, 0.2) is 160 Å². The molecule has 19 nitrogen and oxygen atoms in total. The highest BCUT2D eigenvalue weighted by atomic mass is 35.5. The number of halogens is 1. The Morgan fingerprint density at radius 2 is 0.802 bits per heavy atom. The molecule has 6 aromatic carbocycles. The molecule has 0 bridgehead atoms. The van der Waals surface area contributed by atoms with Crippen LogP contribution in [-0.2, 0) is 55.9 Å². The fraction of sp³-hybridized carbons (Fsp3) is 0.303. The van der Waals surface area contributed by atoms with E-state index in [1.165, 1.54) is 0 Å². The molecule has 9 heterocycles. The quantitative estimate of drug-likeness (QED) is 0.0553. The van der Waals surface area contributed by atoms with E-state index >= 15 is 0 Å². The molecule has 0 atom stereocenters. The summed E-state index contributed by atoms with van der Waals surface area (Å²) in [6.45, 7) is 14.9. The number of ether oxygens (including phenoxy) is 6. The number of aromatic amines is 3. The first kappa shape index (κ1) is 64.9. The van der Waals surface area contributed by atoms with Gasteiger partial charge in [-0.05, 0) is 84.9 Å². The second kappa shape index (κ2) is 29.5. The molecule has 0 amide bonds. The van der Waals surface area contributed by atoms with E-state index in [9.17, 15) is 24.0 Å². The highest BCUT2D eigenvalue weighted by Crippen LogP contribution is 2.47. The van der Waals surface area contributed by atoms with Gasteiger partial charge >= 0.3 is 0 Å². The maximum atomic E-state index is 12.8. The molecule has 6 aliphatic rings. The second-order valence-electron chi connectivity index (χ2n) is 24.5. The van der Waals surface area contributed by atoms with Crippen LogP contribution in [-0.4, -0.2) is 136 Å². The topological polar surface area (TPSA) is 227 Å². The number of carbonyl (C=O) groups is 2. The smallest absolute Gasteiger partial charge is 0.250 e. The van der Waals surface area contributed by atoms with E-state index in [4.69, 9.17) is 45.8 Å². The molecule has 3 saturated heterocycles. The lowest BCUT2D eigenvalue weighted by Crippen LogP contribution is -2.36. The fourth-order valence-corrected chi connectivity index (χ4v) is 13.4. The van der Waals surface area contributed by atoms with Crippen LogP contribution < -0.4 is 51.3 Å². The Hall–Kier alpha value is -9.76. The molecule has 9 aromatic rings. The van der Waals surface area contributed by atoms with Gasteiger partial charge in [-0.2, -0.15) is 0 Å². The monoisotopic (exact) mass is 1310 g/mol. The first-order chi connectivity index (χ1) is 46.9. The van der Waals surface area contributed by atoms with E-state index in [1.807, 2.05) is 121 Å². The van der Waals surface area contributed by atoms with Gasteiger partial charge in [0.2, 0.25) is 16.7 Å². The van der Waals surface area contributed by atoms with Gasteiger partial charge in [0.05, 0.1) is 69.1 Å². The van der Waals surface area contributed by atoms with E-state index < -0.39 is 0 Å². The van der Waals surface area contributed by atoms with Crippen molar-refractivity contribution in [3.63, 3.8) is 0 Å². The number of Topliss-reactive ketones (excluding diaryl/α,β-unsaturated/α-hetero) is 2. The van der Waals surface area contributed by atoms with Crippen molar-refractivity contribution in [1.82, 2.24) is 19.9 Å². The Balaban J connectivity index is 0.000000131. The molecule has 0 aliphatic carbocycles. The van der Waals surface area contributed by atoms with Gasteiger partial charge in [-0.25, -0.2) is 0 Å². The van der Waals surface area contributed by atoms with Gasteiger partial charge < -0.3 is 63.8 Å². The number of ketones is 2. The Morgan fingerprint density at radius 1 is 0.458 bits per heavy atom. The Labute approximate surface area is 561 Å². The average molecular weight is 1310 g/mol. The zero-order chi connectivity index (χ0) is 66.2. The van der Waals surface area contributed by atoms with Crippen LogP contribution in [0.5, 0.6) is 34.5 Å². The zero-order valence-electron chi connectivity index (χ0n) is 53.9. The fourth-order valence-electron chi connectivity index (χ4n) is 13.3. The average Bonchev–Trinajstić information content (AvgIpc) is 0.806. The number of pyridine rings is 3. The van der Waals surface area contributed by atoms with E-state index in [2.05, 4.69) is 54.5 Å². The minimum absolute atomic E-state index is 0.00188. The number of H-pyrrole nitrogens is 3. The van der Waals surface area contributed by atoms with E-state index in [-0.39, 0.29) is 34.1 Å². The number of likely N-dealkylation sites (N-methyl/N-ethyl adjacent to an activating group) is 1. The third-order valence-electron chi connectivity index (χ3n) is 18.4. The van der Waals surface area contributed by atoms with Crippen LogP contribution in [0.3, 0.4) is 0 Å². The minimum atomic E-state index is -0.153. The number of nitrogen functional groups attached to an aromatic ring is 1. The molecule has 0 radical (unpaired) electrons. The Morgan fingerprint density at radius 3 is 1.18 bits per heavy atom. The molecule has 5 N–H and O–H groups in total. The van der Waals surface area contributed by atoms with E-state index in [0.717, 1.165) is 182 Å². The van der Waals surface area contributed by atoms with E-state index in [1.54, 1.807) is 18.2 Å². The summed E-state index contributed by atoms with van der Waals surface area (Å²) in [6, 6.07) is 46.3. The highest BCUT2D eigenvalue weighted by Gasteiger charge is 2.29. The molecular weight excluding hydrogens is 1240 g/mol. The van der Waals surface area contributed by atoms with Gasteiger partial charge in [-0.1, -0.05) is 80.6 Å². The summed E-state index contributed by atoms with van der Waals surface area (Å²) in [5.74, 6) is 4.73. The number of nitrogens with zero attached hydrogens (tertiary/aromatic N) is 4. The number of nitrogens with one attached hydrogen (secondary N) is 3. The molecule has 3 aromatic heterocycles. The van der Waals surface area contributed by atoms with Crippen molar-refractivity contribution in [1.29, 1.82) is 0 Å². The summed E-state index contributed by atoms with van der Waals surface area (Å²) in [6.07, 6.45) is 2.73. The number of hydrogen-bond acceptors (Lipinski definition) is 16. The Bertz CT molecular complexity index is 4540. The third kappa shape index (κ3) is 14.6. The number of para-hydroxylation sites is 3. The first-order valence-electron chi connectivity index (χ1n) is 32.9. The van der Waals surface area contributed by atoms with Crippen LogP contribution in [0.1, 0.15) is 58.4 Å². The van der Waals surface area contributed by atoms with Crippen molar-refractivity contribution in [2.75, 3.05) is 125 Å². The molecular formula is C76H77ClN8O11. The number of alkyl halides is 1. The maximum absolute atomic E-state index is 12.8.